The maximum atomic E-state index is 12.9. The van der Waals surface area contributed by atoms with Gasteiger partial charge in [0.2, 0.25) is 0 Å². The highest BCUT2D eigenvalue weighted by Gasteiger charge is 2.60. The molecular weight excluding hydrogens is 354 g/mol. The van der Waals surface area contributed by atoms with Gasteiger partial charge in [0, 0.05) is 5.69 Å². The number of benzene rings is 1. The number of nitrogens with one attached hydrogen (secondary N) is 1. The topological polar surface area (TPSA) is 75.6 Å². The summed E-state index contributed by atoms with van der Waals surface area (Å²) in [6.45, 7) is 5.86. The average Bonchev–Trinajstić information content (AvgIpc) is 2.59. The summed E-state index contributed by atoms with van der Waals surface area (Å²) < 4.78 is 5.48. The molecule has 4 saturated carbocycles. The molecule has 0 unspecified atom stereocenters. The van der Waals surface area contributed by atoms with Gasteiger partial charge in [-0.2, -0.15) is 0 Å². The van der Waals surface area contributed by atoms with E-state index in [1.807, 2.05) is 25.1 Å². The van der Waals surface area contributed by atoms with Crippen molar-refractivity contribution >= 4 is 17.6 Å². The molecule has 0 aromatic heterocycles. The lowest BCUT2D eigenvalue weighted by molar-refractivity contribution is -0.196. The van der Waals surface area contributed by atoms with Gasteiger partial charge in [-0.1, -0.05) is 32.0 Å². The number of hydrogen-bond acceptors (Lipinski definition) is 4. The van der Waals surface area contributed by atoms with E-state index in [0.717, 1.165) is 48.9 Å². The van der Waals surface area contributed by atoms with Crippen LogP contribution in [0.15, 0.2) is 18.2 Å². The molecule has 1 amide bonds. The minimum atomic E-state index is -0.710. The molecule has 2 atom stereocenters. The van der Waals surface area contributed by atoms with E-state index in [2.05, 4.69) is 19.2 Å². The van der Waals surface area contributed by atoms with E-state index in [1.54, 1.807) is 0 Å². The van der Waals surface area contributed by atoms with Gasteiger partial charge in [-0.25, -0.2) is 0 Å². The van der Waals surface area contributed by atoms with E-state index in [0.29, 0.717) is 18.3 Å². The zero-order chi connectivity index (χ0) is 20.1. The van der Waals surface area contributed by atoms with Gasteiger partial charge in [-0.05, 0) is 74.3 Å². The molecule has 5 rings (SSSR count). The minimum Gasteiger partial charge on any atom is -0.455 e. The molecule has 4 fully saturated rings. The van der Waals surface area contributed by atoms with Gasteiger partial charge >= 0.3 is 5.97 Å². The Bertz CT molecular complexity index is 786. The Morgan fingerprint density at radius 2 is 1.89 bits per heavy atom. The number of hydrogen-bond donors (Lipinski definition) is 2. The summed E-state index contributed by atoms with van der Waals surface area (Å²) in [5, 5.41) is 13.7. The van der Waals surface area contributed by atoms with Crippen LogP contribution in [0.4, 0.5) is 5.69 Å². The average molecular weight is 386 g/mol. The second kappa shape index (κ2) is 6.87. The van der Waals surface area contributed by atoms with Gasteiger partial charge in [0.1, 0.15) is 0 Å². The van der Waals surface area contributed by atoms with E-state index in [-0.39, 0.29) is 24.4 Å². The van der Waals surface area contributed by atoms with Gasteiger partial charge < -0.3 is 15.2 Å². The highest BCUT2D eigenvalue weighted by Crippen LogP contribution is 2.61. The number of amides is 1. The van der Waals surface area contributed by atoms with Crippen LogP contribution in [0.3, 0.4) is 0 Å². The van der Waals surface area contributed by atoms with Crippen LogP contribution in [0.2, 0.25) is 0 Å². The number of aliphatic hydroxyl groups is 1. The van der Waals surface area contributed by atoms with Crippen LogP contribution in [-0.2, 0) is 14.3 Å². The van der Waals surface area contributed by atoms with Crippen LogP contribution >= 0.6 is 0 Å². The van der Waals surface area contributed by atoms with Gasteiger partial charge in [-0.15, -0.1) is 0 Å². The summed E-state index contributed by atoms with van der Waals surface area (Å²) in [6, 6.07) is 5.96. The molecule has 0 saturated heterocycles. The highest BCUT2D eigenvalue weighted by atomic mass is 16.5. The molecule has 2 N–H and O–H groups in total. The molecule has 152 valence electrons. The summed E-state index contributed by atoms with van der Waals surface area (Å²) in [7, 11) is 0. The number of aryl methyl sites for hydroxylation is 1. The Morgan fingerprint density at radius 3 is 2.50 bits per heavy atom. The number of ether oxygens (including phenoxy) is 1. The molecule has 0 aliphatic heterocycles. The predicted molar refractivity (Wildman–Crippen MR) is 107 cm³/mol. The number of carbonyl (C=O) groups is 2. The maximum absolute atomic E-state index is 12.9. The van der Waals surface area contributed by atoms with Crippen LogP contribution in [0.25, 0.3) is 0 Å². The van der Waals surface area contributed by atoms with E-state index >= 15 is 0 Å². The summed E-state index contributed by atoms with van der Waals surface area (Å²) >= 11 is 0. The van der Waals surface area contributed by atoms with Crippen LogP contribution < -0.4 is 5.32 Å². The van der Waals surface area contributed by atoms with Gasteiger partial charge in [0.25, 0.3) is 5.91 Å². The zero-order valence-electron chi connectivity index (χ0n) is 17.1. The molecule has 5 heteroatoms. The third-order valence-corrected chi connectivity index (χ3v) is 6.99. The van der Waals surface area contributed by atoms with Crippen molar-refractivity contribution in [3.05, 3.63) is 29.3 Å². The quantitative estimate of drug-likeness (QED) is 0.753. The van der Waals surface area contributed by atoms with Crippen LogP contribution in [0, 0.1) is 24.2 Å². The normalized spacial score (nSPS) is 33.2. The Labute approximate surface area is 166 Å². The predicted octanol–water partition coefficient (Wildman–Crippen LogP) is 3.93. The summed E-state index contributed by atoms with van der Waals surface area (Å²) in [5.74, 6) is 0.490. The number of anilines is 1. The zero-order valence-corrected chi connectivity index (χ0v) is 17.1. The summed E-state index contributed by atoms with van der Waals surface area (Å²) in [5.41, 5.74) is 1.57. The number of rotatable bonds is 5. The molecule has 4 bridgehead atoms. The second-order valence-electron chi connectivity index (χ2n) is 9.78. The first kappa shape index (κ1) is 19.4. The van der Waals surface area contributed by atoms with Crippen molar-refractivity contribution in [3.8, 4) is 0 Å². The van der Waals surface area contributed by atoms with Crippen molar-refractivity contribution < 1.29 is 19.4 Å². The standard InChI is InChI=1S/C23H31NO4/c1-14(2)18-6-4-5-15(3)20(18)24-19(25)12-28-21(26)22-8-16-7-17(9-22)11-23(27,10-16)13-22/h4-6,14,16-17,27H,7-13H2,1-3H3,(H,24,25)/t16-,17-,22?,23?/m1/s1. The van der Waals surface area contributed by atoms with Crippen molar-refractivity contribution in [1.29, 1.82) is 0 Å². The second-order valence-corrected chi connectivity index (χ2v) is 9.78. The molecule has 5 nitrogen and oxygen atoms in total. The Balaban J connectivity index is 1.40. The smallest absolute Gasteiger partial charge is 0.312 e. The largest absolute Gasteiger partial charge is 0.455 e. The Kier molecular flexibility index (Phi) is 4.77. The molecule has 1 aromatic carbocycles. The van der Waals surface area contributed by atoms with Gasteiger partial charge in [0.05, 0.1) is 11.0 Å². The number of para-hydroxylation sites is 1. The SMILES string of the molecule is Cc1cccc(C(C)C)c1NC(=O)COC(=O)C12C[C@H]3C[C@@H](CC(O)(C3)C1)C2. The summed E-state index contributed by atoms with van der Waals surface area (Å²) in [6.07, 6.45) is 4.81. The molecule has 4 aliphatic rings. The van der Waals surface area contributed by atoms with Crippen LogP contribution in [0.1, 0.15) is 69.4 Å². The lowest BCUT2D eigenvalue weighted by atomic mass is 9.48. The van der Waals surface area contributed by atoms with Crippen molar-refractivity contribution in [2.45, 2.75) is 70.8 Å². The van der Waals surface area contributed by atoms with Crippen molar-refractivity contribution in [3.63, 3.8) is 0 Å². The van der Waals surface area contributed by atoms with E-state index in [1.165, 1.54) is 0 Å². The fourth-order valence-corrected chi connectivity index (χ4v) is 6.26. The Morgan fingerprint density at radius 1 is 1.21 bits per heavy atom. The number of carbonyl (C=O) groups excluding carboxylic acids is 2. The molecule has 4 aliphatic carbocycles. The highest BCUT2D eigenvalue weighted by molar-refractivity contribution is 5.94. The fourth-order valence-electron chi connectivity index (χ4n) is 6.26. The fraction of sp³-hybridized carbons (Fsp3) is 0.652. The van der Waals surface area contributed by atoms with Crippen molar-refractivity contribution in [2.75, 3.05) is 11.9 Å². The van der Waals surface area contributed by atoms with Gasteiger partial charge in [-0.3, -0.25) is 9.59 Å². The molecule has 0 radical (unpaired) electrons. The molecule has 1 aromatic rings. The lowest BCUT2D eigenvalue weighted by Crippen LogP contribution is -2.58. The first-order chi connectivity index (χ1) is 13.2. The third-order valence-electron chi connectivity index (χ3n) is 6.99. The van der Waals surface area contributed by atoms with Crippen LogP contribution in [0.5, 0.6) is 0 Å². The first-order valence-electron chi connectivity index (χ1n) is 10.5. The van der Waals surface area contributed by atoms with Crippen LogP contribution in [-0.4, -0.2) is 29.2 Å². The molecule has 0 spiro atoms. The van der Waals surface area contributed by atoms with E-state index in [4.69, 9.17) is 4.74 Å². The first-order valence-corrected chi connectivity index (χ1v) is 10.5. The Hall–Kier alpha value is -1.88. The molecule has 28 heavy (non-hydrogen) atoms. The van der Waals surface area contributed by atoms with E-state index in [9.17, 15) is 14.7 Å². The minimum absolute atomic E-state index is 0.278. The molecule has 0 heterocycles. The van der Waals surface area contributed by atoms with Crippen molar-refractivity contribution in [2.24, 2.45) is 17.3 Å². The van der Waals surface area contributed by atoms with Crippen molar-refractivity contribution in [1.82, 2.24) is 0 Å². The van der Waals surface area contributed by atoms with Gasteiger partial charge in [0.15, 0.2) is 6.61 Å². The van der Waals surface area contributed by atoms with E-state index < -0.39 is 11.0 Å². The third kappa shape index (κ3) is 3.45. The lowest BCUT2D eigenvalue weighted by Gasteiger charge is -2.58. The summed E-state index contributed by atoms with van der Waals surface area (Å²) in [4.78, 5) is 25.4. The number of esters is 1. The molecular formula is C23H31NO4. The maximum Gasteiger partial charge on any atom is 0.312 e. The monoisotopic (exact) mass is 385 g/mol.